The Morgan fingerprint density at radius 1 is 1.04 bits per heavy atom. The fraction of sp³-hybridized carbons (Fsp3) is 0.105. The largest absolute Gasteiger partial charge is 0.212 e. The van der Waals surface area contributed by atoms with E-state index in [4.69, 9.17) is 0 Å². The van der Waals surface area contributed by atoms with Crippen molar-refractivity contribution in [2.24, 2.45) is 0 Å². The standard InChI is InChI=1S/C19H16N4/c1-14-8-9-15(2)19(12-14)23-18(17(13-20)21-22-23)11-10-16-6-4-3-5-7-16/h3-12H,1-2H3/b11-10+. The first-order valence-electron chi connectivity index (χ1n) is 7.35. The van der Waals surface area contributed by atoms with E-state index in [0.717, 1.165) is 22.4 Å². The van der Waals surface area contributed by atoms with Gasteiger partial charge in [-0.15, -0.1) is 5.10 Å². The van der Waals surface area contributed by atoms with Crippen molar-refractivity contribution in [3.8, 4) is 11.8 Å². The number of aryl methyl sites for hydroxylation is 2. The monoisotopic (exact) mass is 300 g/mol. The van der Waals surface area contributed by atoms with E-state index in [-0.39, 0.29) is 0 Å². The first kappa shape index (κ1) is 14.7. The van der Waals surface area contributed by atoms with Gasteiger partial charge in [-0.1, -0.05) is 53.8 Å². The van der Waals surface area contributed by atoms with Crippen LogP contribution in [0.2, 0.25) is 0 Å². The second-order valence-corrected chi connectivity index (χ2v) is 5.38. The van der Waals surface area contributed by atoms with Gasteiger partial charge in [0.25, 0.3) is 0 Å². The third kappa shape index (κ3) is 3.04. The Balaban J connectivity index is 2.10. The fourth-order valence-electron chi connectivity index (χ4n) is 2.38. The molecule has 0 atom stereocenters. The average Bonchev–Trinajstić information content (AvgIpc) is 2.99. The summed E-state index contributed by atoms with van der Waals surface area (Å²) in [5.74, 6) is 0. The Labute approximate surface area is 135 Å². The van der Waals surface area contributed by atoms with Gasteiger partial charge in [-0.3, -0.25) is 0 Å². The number of nitrogens with zero attached hydrogens (tertiary/aromatic N) is 4. The molecule has 3 aromatic rings. The predicted octanol–water partition coefficient (Wildman–Crippen LogP) is 3.93. The van der Waals surface area contributed by atoms with E-state index in [9.17, 15) is 5.26 Å². The van der Waals surface area contributed by atoms with Crippen molar-refractivity contribution in [1.29, 1.82) is 5.26 Å². The number of hydrogen-bond acceptors (Lipinski definition) is 3. The molecule has 0 aliphatic rings. The minimum atomic E-state index is 0.318. The van der Waals surface area contributed by atoms with E-state index >= 15 is 0 Å². The number of nitriles is 1. The van der Waals surface area contributed by atoms with Gasteiger partial charge in [0.15, 0.2) is 5.69 Å². The molecule has 4 nitrogen and oxygen atoms in total. The van der Waals surface area contributed by atoms with Crippen LogP contribution in [0.3, 0.4) is 0 Å². The molecule has 2 aromatic carbocycles. The summed E-state index contributed by atoms with van der Waals surface area (Å²) in [6.45, 7) is 4.05. The van der Waals surface area contributed by atoms with E-state index < -0.39 is 0 Å². The zero-order valence-electron chi connectivity index (χ0n) is 13.1. The number of benzene rings is 2. The smallest absolute Gasteiger partial charge is 0.190 e. The van der Waals surface area contributed by atoms with Crippen LogP contribution in [0, 0.1) is 25.2 Å². The van der Waals surface area contributed by atoms with Gasteiger partial charge in [-0.2, -0.15) is 5.26 Å². The molecule has 3 rings (SSSR count). The lowest BCUT2D eigenvalue weighted by Crippen LogP contribution is -2.02. The molecule has 0 N–H and O–H groups in total. The molecule has 0 aliphatic heterocycles. The van der Waals surface area contributed by atoms with Crippen molar-refractivity contribution in [1.82, 2.24) is 15.0 Å². The molecule has 0 saturated heterocycles. The maximum atomic E-state index is 9.30. The molecule has 0 fully saturated rings. The van der Waals surface area contributed by atoms with Crippen LogP contribution in [0.4, 0.5) is 0 Å². The molecule has 0 unspecified atom stereocenters. The number of hydrogen-bond donors (Lipinski definition) is 0. The van der Waals surface area contributed by atoms with Crippen molar-refractivity contribution in [2.45, 2.75) is 13.8 Å². The highest BCUT2D eigenvalue weighted by Crippen LogP contribution is 2.20. The average molecular weight is 300 g/mol. The van der Waals surface area contributed by atoms with Crippen LogP contribution < -0.4 is 0 Å². The van der Waals surface area contributed by atoms with Crippen molar-refractivity contribution in [3.05, 3.63) is 76.6 Å². The van der Waals surface area contributed by atoms with Crippen LogP contribution in [0.15, 0.2) is 48.5 Å². The van der Waals surface area contributed by atoms with Crippen molar-refractivity contribution in [2.75, 3.05) is 0 Å². The van der Waals surface area contributed by atoms with Crippen molar-refractivity contribution >= 4 is 12.2 Å². The quantitative estimate of drug-likeness (QED) is 0.736. The molecular formula is C19H16N4. The minimum absolute atomic E-state index is 0.318. The maximum absolute atomic E-state index is 9.30. The Kier molecular flexibility index (Phi) is 4.03. The zero-order chi connectivity index (χ0) is 16.2. The molecule has 0 saturated carbocycles. The molecule has 0 bridgehead atoms. The molecule has 0 amide bonds. The summed E-state index contributed by atoms with van der Waals surface area (Å²) in [7, 11) is 0. The third-order valence-corrected chi connectivity index (χ3v) is 3.64. The van der Waals surface area contributed by atoms with Gasteiger partial charge in [0.1, 0.15) is 11.8 Å². The molecule has 4 heteroatoms. The topological polar surface area (TPSA) is 54.5 Å². The molecule has 1 heterocycles. The second kappa shape index (κ2) is 6.29. The number of rotatable bonds is 3. The Hall–Kier alpha value is -3.19. The molecular weight excluding hydrogens is 284 g/mol. The van der Waals surface area contributed by atoms with E-state index in [1.165, 1.54) is 0 Å². The summed E-state index contributed by atoms with van der Waals surface area (Å²) in [5, 5.41) is 17.5. The van der Waals surface area contributed by atoms with E-state index in [1.807, 2.05) is 68.5 Å². The highest BCUT2D eigenvalue weighted by Gasteiger charge is 2.13. The van der Waals surface area contributed by atoms with Crippen molar-refractivity contribution in [3.63, 3.8) is 0 Å². The van der Waals surface area contributed by atoms with Gasteiger partial charge in [0.2, 0.25) is 0 Å². The van der Waals surface area contributed by atoms with Gasteiger partial charge in [0.05, 0.1) is 5.69 Å². The molecule has 0 aliphatic carbocycles. The van der Waals surface area contributed by atoms with Gasteiger partial charge in [-0.25, -0.2) is 4.68 Å². The van der Waals surface area contributed by atoms with Crippen LogP contribution in [-0.4, -0.2) is 15.0 Å². The maximum Gasteiger partial charge on any atom is 0.190 e. The highest BCUT2D eigenvalue weighted by molar-refractivity contribution is 5.71. The predicted molar refractivity (Wildman–Crippen MR) is 90.9 cm³/mol. The minimum Gasteiger partial charge on any atom is -0.212 e. The van der Waals surface area contributed by atoms with Crippen LogP contribution in [0.25, 0.3) is 17.8 Å². The van der Waals surface area contributed by atoms with Gasteiger partial charge in [-0.05, 0) is 42.7 Å². The Bertz CT molecular complexity index is 899. The lowest BCUT2D eigenvalue weighted by atomic mass is 10.1. The lowest BCUT2D eigenvalue weighted by molar-refractivity contribution is 0.792. The van der Waals surface area contributed by atoms with Crippen LogP contribution in [0.5, 0.6) is 0 Å². The third-order valence-electron chi connectivity index (χ3n) is 3.64. The normalized spacial score (nSPS) is 10.8. The summed E-state index contributed by atoms with van der Waals surface area (Å²) in [4.78, 5) is 0. The van der Waals surface area contributed by atoms with E-state index in [1.54, 1.807) is 4.68 Å². The summed E-state index contributed by atoms with van der Waals surface area (Å²) in [6, 6.07) is 18.2. The lowest BCUT2D eigenvalue weighted by Gasteiger charge is -2.08. The summed E-state index contributed by atoms with van der Waals surface area (Å²) in [5.41, 5.74) is 5.22. The molecule has 0 spiro atoms. The molecule has 1 aromatic heterocycles. The van der Waals surface area contributed by atoms with Crippen molar-refractivity contribution < 1.29 is 0 Å². The van der Waals surface area contributed by atoms with Gasteiger partial charge >= 0.3 is 0 Å². The molecule has 112 valence electrons. The summed E-state index contributed by atoms with van der Waals surface area (Å²) >= 11 is 0. The molecule has 23 heavy (non-hydrogen) atoms. The molecule has 0 radical (unpaired) electrons. The van der Waals surface area contributed by atoms with Crippen LogP contribution in [0.1, 0.15) is 28.1 Å². The zero-order valence-corrected chi connectivity index (χ0v) is 13.1. The Morgan fingerprint density at radius 3 is 2.57 bits per heavy atom. The second-order valence-electron chi connectivity index (χ2n) is 5.38. The van der Waals surface area contributed by atoms with Gasteiger partial charge in [0, 0.05) is 0 Å². The SMILES string of the molecule is Cc1ccc(C)c(-n2nnc(C#N)c2/C=C/c2ccccc2)c1. The highest BCUT2D eigenvalue weighted by atomic mass is 15.4. The Morgan fingerprint density at radius 2 is 1.83 bits per heavy atom. The van der Waals surface area contributed by atoms with Crippen LogP contribution in [-0.2, 0) is 0 Å². The van der Waals surface area contributed by atoms with E-state index in [2.05, 4.69) is 22.4 Å². The fourth-order valence-corrected chi connectivity index (χ4v) is 2.38. The first-order valence-corrected chi connectivity index (χ1v) is 7.35. The summed E-state index contributed by atoms with van der Waals surface area (Å²) in [6.07, 6.45) is 3.84. The first-order chi connectivity index (χ1) is 11.2. The number of aromatic nitrogens is 3. The van der Waals surface area contributed by atoms with Crippen LogP contribution >= 0.6 is 0 Å². The summed E-state index contributed by atoms with van der Waals surface area (Å²) < 4.78 is 1.72. The van der Waals surface area contributed by atoms with E-state index in [0.29, 0.717) is 11.4 Å². The van der Waals surface area contributed by atoms with Gasteiger partial charge < -0.3 is 0 Å².